The van der Waals surface area contributed by atoms with Gasteiger partial charge in [0.15, 0.2) is 0 Å². The Morgan fingerprint density at radius 3 is 2.65 bits per heavy atom. The van der Waals surface area contributed by atoms with Crippen LogP contribution in [0.3, 0.4) is 0 Å². The number of aromatic nitrogens is 2. The molecule has 23 heavy (non-hydrogen) atoms. The lowest BCUT2D eigenvalue weighted by Gasteiger charge is -2.33. The maximum absolute atomic E-state index is 12.0. The number of hydrogen-bond donors (Lipinski definition) is 1. The molecule has 1 N–H and O–H groups in total. The van der Waals surface area contributed by atoms with E-state index in [0.29, 0.717) is 11.6 Å². The quantitative estimate of drug-likeness (QED) is 0.911. The van der Waals surface area contributed by atoms with Crippen molar-refractivity contribution in [3.63, 3.8) is 0 Å². The number of nitrogens with one attached hydrogen (secondary N) is 1. The lowest BCUT2D eigenvalue weighted by molar-refractivity contribution is 0.0183. The number of aromatic amines is 1. The highest BCUT2D eigenvalue weighted by Crippen LogP contribution is 2.24. The molecule has 2 heterocycles. The molecule has 128 valence electrons. The van der Waals surface area contributed by atoms with E-state index < -0.39 is 5.60 Å². The lowest BCUT2D eigenvalue weighted by atomic mass is 9.95. The minimum Gasteiger partial charge on any atom is -0.444 e. The van der Waals surface area contributed by atoms with Gasteiger partial charge in [-0.2, -0.15) is 0 Å². The molecule has 7 heteroatoms. The van der Waals surface area contributed by atoms with Gasteiger partial charge in [-0.15, -0.1) is 0 Å². The molecule has 0 radical (unpaired) electrons. The van der Waals surface area contributed by atoms with Gasteiger partial charge in [0.1, 0.15) is 11.3 Å². The van der Waals surface area contributed by atoms with Crippen LogP contribution in [-0.4, -0.2) is 50.5 Å². The molecular weight excluding hydrogens is 314 g/mol. The van der Waals surface area contributed by atoms with Gasteiger partial charge in [0.05, 0.1) is 12.5 Å². The fourth-order valence-electron chi connectivity index (χ4n) is 2.49. The van der Waals surface area contributed by atoms with Crippen molar-refractivity contribution in [2.24, 2.45) is 5.92 Å². The fraction of sp³-hybridized carbons (Fsp3) is 0.688. The molecule has 1 amide bonds. The Kier molecular flexibility index (Phi) is 6.10. The molecule has 0 spiro atoms. The number of piperidine rings is 1. The van der Waals surface area contributed by atoms with E-state index in [2.05, 4.69) is 9.97 Å². The number of rotatable bonds is 4. The molecule has 2 rings (SSSR count). The van der Waals surface area contributed by atoms with Crippen molar-refractivity contribution in [1.82, 2.24) is 14.9 Å². The van der Waals surface area contributed by atoms with Crippen LogP contribution >= 0.6 is 11.8 Å². The summed E-state index contributed by atoms with van der Waals surface area (Å²) in [7, 11) is 0. The molecule has 0 bridgehead atoms. The second-order valence-electron chi connectivity index (χ2n) is 6.80. The normalized spacial score (nSPS) is 16.4. The monoisotopic (exact) mass is 339 g/mol. The van der Waals surface area contributed by atoms with Gasteiger partial charge < -0.3 is 14.6 Å². The number of nitrogens with zero attached hydrogens (tertiary/aromatic N) is 2. The molecule has 0 saturated carbocycles. The zero-order valence-corrected chi connectivity index (χ0v) is 14.8. The van der Waals surface area contributed by atoms with Crippen LogP contribution < -0.4 is 0 Å². The van der Waals surface area contributed by atoms with E-state index in [0.717, 1.165) is 38.1 Å². The summed E-state index contributed by atoms with van der Waals surface area (Å²) >= 11 is 1.33. The summed E-state index contributed by atoms with van der Waals surface area (Å²) in [6.45, 7) is 7.11. The molecule has 0 unspecified atom stereocenters. The second kappa shape index (κ2) is 7.86. The predicted molar refractivity (Wildman–Crippen MR) is 90.5 cm³/mol. The summed E-state index contributed by atoms with van der Waals surface area (Å²) in [5.74, 6) is 1.37. The third-order valence-corrected chi connectivity index (χ3v) is 4.67. The number of amides is 1. The van der Waals surface area contributed by atoms with Crippen molar-refractivity contribution >= 4 is 23.0 Å². The predicted octanol–water partition coefficient (Wildman–Crippen LogP) is 3.32. The minimum absolute atomic E-state index is 0.0358. The molecule has 1 aliphatic heterocycles. The summed E-state index contributed by atoms with van der Waals surface area (Å²) < 4.78 is 5.40. The number of H-pyrrole nitrogens is 1. The molecule has 0 atom stereocenters. The molecule has 0 aliphatic carbocycles. The van der Waals surface area contributed by atoms with Crippen molar-refractivity contribution in [2.75, 3.05) is 18.8 Å². The molecule has 1 aromatic heterocycles. The summed E-state index contributed by atoms with van der Waals surface area (Å²) in [6, 6.07) is 0. The Morgan fingerprint density at radius 2 is 2.09 bits per heavy atom. The SMILES string of the molecule is CC(C)(C)OC(=O)N1CCC(CCSC(=O)c2cnc[nH]2)CC1. The first-order valence-electron chi connectivity index (χ1n) is 7.98. The van der Waals surface area contributed by atoms with Gasteiger partial charge in [0.2, 0.25) is 5.12 Å². The van der Waals surface area contributed by atoms with Crippen LogP contribution in [-0.2, 0) is 4.74 Å². The summed E-state index contributed by atoms with van der Waals surface area (Å²) in [5.41, 5.74) is 0.104. The number of carbonyl (C=O) groups excluding carboxylic acids is 2. The Bertz CT molecular complexity index is 517. The van der Waals surface area contributed by atoms with Crippen LogP contribution in [0.5, 0.6) is 0 Å². The van der Waals surface area contributed by atoms with E-state index in [1.54, 1.807) is 11.1 Å². The zero-order valence-electron chi connectivity index (χ0n) is 14.0. The lowest BCUT2D eigenvalue weighted by Crippen LogP contribution is -2.41. The highest BCUT2D eigenvalue weighted by Gasteiger charge is 2.26. The second-order valence-corrected chi connectivity index (χ2v) is 7.87. The Hall–Kier alpha value is -1.50. The van der Waals surface area contributed by atoms with Crippen molar-refractivity contribution < 1.29 is 14.3 Å². The minimum atomic E-state index is -0.447. The first-order chi connectivity index (χ1) is 10.8. The largest absolute Gasteiger partial charge is 0.444 e. The number of hydrogen-bond acceptors (Lipinski definition) is 5. The van der Waals surface area contributed by atoms with Crippen molar-refractivity contribution in [3.05, 3.63) is 18.2 Å². The van der Waals surface area contributed by atoms with E-state index in [1.807, 2.05) is 20.8 Å². The average Bonchev–Trinajstić information content (AvgIpc) is 3.00. The first kappa shape index (κ1) is 17.8. The molecule has 1 saturated heterocycles. The summed E-state index contributed by atoms with van der Waals surface area (Å²) in [4.78, 5) is 32.3. The van der Waals surface area contributed by atoms with Crippen LogP contribution in [0.15, 0.2) is 12.5 Å². The molecule has 0 aromatic carbocycles. The van der Waals surface area contributed by atoms with Gasteiger partial charge in [0.25, 0.3) is 0 Å². The molecule has 1 aliphatic rings. The Labute approximate surface area is 141 Å². The van der Waals surface area contributed by atoms with E-state index in [1.165, 1.54) is 18.1 Å². The van der Waals surface area contributed by atoms with Gasteiger partial charge in [-0.25, -0.2) is 9.78 Å². The van der Waals surface area contributed by atoms with E-state index in [4.69, 9.17) is 4.74 Å². The Balaban J connectivity index is 1.65. The molecule has 6 nitrogen and oxygen atoms in total. The summed E-state index contributed by atoms with van der Waals surface area (Å²) in [6.07, 6.45) is 5.78. The van der Waals surface area contributed by atoms with Gasteiger partial charge >= 0.3 is 6.09 Å². The molecular formula is C16H25N3O3S. The van der Waals surface area contributed by atoms with Crippen LogP contribution in [0.4, 0.5) is 4.79 Å². The van der Waals surface area contributed by atoms with Gasteiger partial charge in [-0.1, -0.05) is 11.8 Å². The van der Waals surface area contributed by atoms with E-state index >= 15 is 0 Å². The van der Waals surface area contributed by atoms with Gasteiger partial charge in [0, 0.05) is 18.8 Å². The van der Waals surface area contributed by atoms with Crippen LogP contribution in [0.2, 0.25) is 0 Å². The molecule has 1 aromatic rings. The summed E-state index contributed by atoms with van der Waals surface area (Å²) in [5, 5.41) is 0.0358. The standard InChI is InChI=1S/C16H25N3O3S/c1-16(2,3)22-15(21)19-7-4-12(5-8-19)6-9-23-14(20)13-10-17-11-18-13/h10-12H,4-9H2,1-3H3,(H,17,18). The Morgan fingerprint density at radius 1 is 1.39 bits per heavy atom. The van der Waals surface area contributed by atoms with Crippen molar-refractivity contribution in [3.8, 4) is 0 Å². The average molecular weight is 339 g/mol. The maximum Gasteiger partial charge on any atom is 0.410 e. The van der Waals surface area contributed by atoms with Gasteiger partial charge in [-0.05, 0) is 46.0 Å². The number of ether oxygens (including phenoxy) is 1. The van der Waals surface area contributed by atoms with Crippen molar-refractivity contribution in [2.45, 2.75) is 45.6 Å². The van der Waals surface area contributed by atoms with E-state index in [9.17, 15) is 9.59 Å². The molecule has 1 fully saturated rings. The third-order valence-electron chi connectivity index (χ3n) is 3.74. The maximum atomic E-state index is 12.0. The number of likely N-dealkylation sites (tertiary alicyclic amines) is 1. The highest BCUT2D eigenvalue weighted by molar-refractivity contribution is 8.14. The third kappa shape index (κ3) is 5.89. The van der Waals surface area contributed by atoms with Crippen LogP contribution in [0.1, 0.15) is 50.5 Å². The zero-order chi connectivity index (χ0) is 16.9. The van der Waals surface area contributed by atoms with Crippen molar-refractivity contribution in [1.29, 1.82) is 0 Å². The number of thioether (sulfide) groups is 1. The van der Waals surface area contributed by atoms with Crippen LogP contribution in [0.25, 0.3) is 0 Å². The number of carbonyl (C=O) groups is 2. The fourth-order valence-corrected chi connectivity index (χ4v) is 3.40. The number of imidazole rings is 1. The van der Waals surface area contributed by atoms with Gasteiger partial charge in [-0.3, -0.25) is 4.79 Å². The highest BCUT2D eigenvalue weighted by atomic mass is 32.2. The smallest absolute Gasteiger partial charge is 0.410 e. The van der Waals surface area contributed by atoms with Crippen LogP contribution in [0, 0.1) is 5.92 Å². The van der Waals surface area contributed by atoms with E-state index in [-0.39, 0.29) is 11.2 Å². The first-order valence-corrected chi connectivity index (χ1v) is 8.97. The topological polar surface area (TPSA) is 75.3 Å².